The third kappa shape index (κ3) is 3.76. The number of phenols is 1. The molecule has 4 nitrogen and oxygen atoms in total. The SMILES string of the molecule is CC1CN(CCCC(=O)O)CCC1(C)c1cccc(O)c1. The van der Waals surface area contributed by atoms with Crippen LogP contribution in [0.1, 0.15) is 38.7 Å². The fraction of sp³-hybridized carbons (Fsp3) is 0.588. The van der Waals surface area contributed by atoms with Gasteiger partial charge in [-0.1, -0.05) is 26.0 Å². The Bertz CT molecular complexity index is 503. The Morgan fingerprint density at radius 3 is 2.86 bits per heavy atom. The van der Waals surface area contributed by atoms with Gasteiger partial charge in [0.2, 0.25) is 0 Å². The van der Waals surface area contributed by atoms with Crippen LogP contribution in [0.3, 0.4) is 0 Å². The van der Waals surface area contributed by atoms with Gasteiger partial charge < -0.3 is 15.1 Å². The van der Waals surface area contributed by atoms with E-state index in [0.717, 1.165) is 26.1 Å². The van der Waals surface area contributed by atoms with E-state index in [-0.39, 0.29) is 11.8 Å². The topological polar surface area (TPSA) is 60.8 Å². The molecular weight excluding hydrogens is 266 g/mol. The van der Waals surface area contributed by atoms with Crippen LogP contribution in [0.25, 0.3) is 0 Å². The second-order valence-corrected chi connectivity index (χ2v) is 6.42. The van der Waals surface area contributed by atoms with E-state index in [9.17, 15) is 9.90 Å². The summed E-state index contributed by atoms with van der Waals surface area (Å²) in [5, 5.41) is 18.4. The minimum atomic E-state index is -0.718. The molecule has 4 heteroatoms. The number of benzene rings is 1. The first kappa shape index (κ1) is 15.8. The normalized spacial score (nSPS) is 26.7. The second-order valence-electron chi connectivity index (χ2n) is 6.42. The summed E-state index contributed by atoms with van der Waals surface area (Å²) in [5.74, 6) is 0.0762. The van der Waals surface area contributed by atoms with Crippen LogP contribution in [0.15, 0.2) is 24.3 Å². The Labute approximate surface area is 126 Å². The average molecular weight is 291 g/mol. The molecule has 2 atom stereocenters. The molecule has 2 N–H and O–H groups in total. The molecule has 0 bridgehead atoms. The first-order valence-corrected chi connectivity index (χ1v) is 7.65. The number of carbonyl (C=O) groups is 1. The number of hydrogen-bond acceptors (Lipinski definition) is 3. The number of nitrogens with zero attached hydrogens (tertiary/aromatic N) is 1. The molecule has 0 aromatic heterocycles. The summed E-state index contributed by atoms with van der Waals surface area (Å²) >= 11 is 0. The number of aromatic hydroxyl groups is 1. The molecule has 2 unspecified atom stereocenters. The van der Waals surface area contributed by atoms with Crippen LogP contribution in [-0.4, -0.2) is 40.7 Å². The molecule has 21 heavy (non-hydrogen) atoms. The van der Waals surface area contributed by atoms with Crippen molar-refractivity contribution in [2.75, 3.05) is 19.6 Å². The average Bonchev–Trinajstić information content (AvgIpc) is 2.42. The predicted octanol–water partition coefficient (Wildman–Crippen LogP) is 2.86. The summed E-state index contributed by atoms with van der Waals surface area (Å²) in [5.41, 5.74) is 1.27. The monoisotopic (exact) mass is 291 g/mol. The first-order valence-electron chi connectivity index (χ1n) is 7.65. The minimum absolute atomic E-state index is 0.0715. The maximum Gasteiger partial charge on any atom is 0.303 e. The molecule has 1 fully saturated rings. The van der Waals surface area contributed by atoms with Crippen molar-refractivity contribution in [1.29, 1.82) is 0 Å². The van der Waals surface area contributed by atoms with Crippen molar-refractivity contribution < 1.29 is 15.0 Å². The molecule has 0 spiro atoms. The van der Waals surface area contributed by atoms with Crippen LogP contribution in [0, 0.1) is 5.92 Å². The highest BCUT2D eigenvalue weighted by Crippen LogP contribution is 2.40. The molecule has 2 rings (SSSR count). The molecule has 1 aliphatic heterocycles. The predicted molar refractivity (Wildman–Crippen MR) is 82.5 cm³/mol. The number of piperidine rings is 1. The van der Waals surface area contributed by atoms with Gasteiger partial charge in [-0.2, -0.15) is 0 Å². The van der Waals surface area contributed by atoms with Gasteiger partial charge in [0.1, 0.15) is 5.75 Å². The largest absolute Gasteiger partial charge is 0.508 e. The van der Waals surface area contributed by atoms with Gasteiger partial charge in [-0.3, -0.25) is 4.79 Å². The zero-order valence-electron chi connectivity index (χ0n) is 12.9. The van der Waals surface area contributed by atoms with Gasteiger partial charge >= 0.3 is 5.97 Å². The summed E-state index contributed by atoms with van der Waals surface area (Å²) in [6, 6.07) is 7.58. The van der Waals surface area contributed by atoms with E-state index in [1.807, 2.05) is 12.1 Å². The number of carboxylic acids is 1. The molecule has 1 heterocycles. The Hall–Kier alpha value is -1.55. The van der Waals surface area contributed by atoms with E-state index in [0.29, 0.717) is 18.1 Å². The quantitative estimate of drug-likeness (QED) is 0.875. The number of rotatable bonds is 5. The molecule has 1 aromatic carbocycles. The van der Waals surface area contributed by atoms with Gasteiger partial charge in [-0.25, -0.2) is 0 Å². The Morgan fingerprint density at radius 1 is 1.48 bits per heavy atom. The number of aliphatic carboxylic acids is 1. The lowest BCUT2D eigenvalue weighted by Gasteiger charge is -2.45. The zero-order valence-corrected chi connectivity index (χ0v) is 12.9. The van der Waals surface area contributed by atoms with Crippen molar-refractivity contribution in [3.63, 3.8) is 0 Å². The molecule has 0 aliphatic carbocycles. The van der Waals surface area contributed by atoms with Crippen molar-refractivity contribution >= 4 is 5.97 Å². The smallest absolute Gasteiger partial charge is 0.303 e. The van der Waals surface area contributed by atoms with Crippen LogP contribution in [-0.2, 0) is 10.2 Å². The lowest BCUT2D eigenvalue weighted by atomic mass is 9.68. The van der Waals surface area contributed by atoms with Gasteiger partial charge in [-0.15, -0.1) is 0 Å². The number of hydrogen-bond donors (Lipinski definition) is 2. The van der Waals surface area contributed by atoms with Gasteiger partial charge in [0.05, 0.1) is 0 Å². The van der Waals surface area contributed by atoms with Crippen LogP contribution in [0.5, 0.6) is 5.75 Å². The van der Waals surface area contributed by atoms with E-state index in [4.69, 9.17) is 5.11 Å². The van der Waals surface area contributed by atoms with Crippen molar-refractivity contribution in [2.24, 2.45) is 5.92 Å². The molecule has 0 amide bonds. The van der Waals surface area contributed by atoms with Crippen molar-refractivity contribution in [3.05, 3.63) is 29.8 Å². The standard InChI is InChI=1S/C17H25NO3/c1-13-12-18(9-4-7-16(20)21)10-8-17(13,2)14-5-3-6-15(19)11-14/h3,5-6,11,13,19H,4,7-10,12H2,1-2H3,(H,20,21). The van der Waals surface area contributed by atoms with Gasteiger partial charge in [0.25, 0.3) is 0 Å². The Morgan fingerprint density at radius 2 is 2.24 bits per heavy atom. The van der Waals surface area contributed by atoms with E-state index in [1.165, 1.54) is 5.56 Å². The summed E-state index contributed by atoms with van der Waals surface area (Å²) in [6.45, 7) is 7.32. The number of likely N-dealkylation sites (tertiary alicyclic amines) is 1. The highest BCUT2D eigenvalue weighted by molar-refractivity contribution is 5.66. The highest BCUT2D eigenvalue weighted by atomic mass is 16.4. The maximum atomic E-state index is 10.6. The van der Waals surface area contributed by atoms with Crippen molar-refractivity contribution in [2.45, 2.75) is 38.5 Å². The number of carboxylic acid groups (broad SMARTS) is 1. The van der Waals surface area contributed by atoms with Crippen LogP contribution >= 0.6 is 0 Å². The minimum Gasteiger partial charge on any atom is -0.508 e. The van der Waals surface area contributed by atoms with Crippen LogP contribution < -0.4 is 0 Å². The lowest BCUT2D eigenvalue weighted by molar-refractivity contribution is -0.137. The van der Waals surface area contributed by atoms with E-state index < -0.39 is 5.97 Å². The van der Waals surface area contributed by atoms with Gasteiger partial charge in [0.15, 0.2) is 0 Å². The van der Waals surface area contributed by atoms with E-state index in [2.05, 4.69) is 24.8 Å². The molecule has 0 saturated carbocycles. The first-order chi connectivity index (χ1) is 9.91. The van der Waals surface area contributed by atoms with Crippen molar-refractivity contribution in [3.8, 4) is 5.75 Å². The summed E-state index contributed by atoms with van der Waals surface area (Å²) < 4.78 is 0. The van der Waals surface area contributed by atoms with E-state index >= 15 is 0 Å². The van der Waals surface area contributed by atoms with Gasteiger partial charge in [0, 0.05) is 13.0 Å². The molecule has 1 aromatic rings. The fourth-order valence-electron chi connectivity index (χ4n) is 3.26. The summed E-state index contributed by atoms with van der Waals surface area (Å²) in [6.07, 6.45) is 1.99. The third-order valence-corrected chi connectivity index (χ3v) is 4.94. The summed E-state index contributed by atoms with van der Waals surface area (Å²) in [4.78, 5) is 12.9. The highest BCUT2D eigenvalue weighted by Gasteiger charge is 2.37. The molecular formula is C17H25NO3. The maximum absolute atomic E-state index is 10.6. The second kappa shape index (κ2) is 6.48. The van der Waals surface area contributed by atoms with Gasteiger partial charge in [-0.05, 0) is 55.0 Å². The summed E-state index contributed by atoms with van der Waals surface area (Å²) in [7, 11) is 0. The third-order valence-electron chi connectivity index (χ3n) is 4.94. The molecule has 116 valence electrons. The van der Waals surface area contributed by atoms with Crippen LogP contribution in [0.2, 0.25) is 0 Å². The van der Waals surface area contributed by atoms with Crippen LogP contribution in [0.4, 0.5) is 0 Å². The molecule has 0 radical (unpaired) electrons. The van der Waals surface area contributed by atoms with E-state index in [1.54, 1.807) is 6.07 Å². The zero-order chi connectivity index (χ0) is 15.5. The Kier molecular flexibility index (Phi) is 4.88. The van der Waals surface area contributed by atoms with Crippen molar-refractivity contribution in [1.82, 2.24) is 4.90 Å². The molecule has 1 saturated heterocycles. The Balaban J connectivity index is 1.98. The molecule has 1 aliphatic rings. The number of phenolic OH excluding ortho intramolecular Hbond substituents is 1. The fourth-order valence-corrected chi connectivity index (χ4v) is 3.26. The lowest BCUT2D eigenvalue weighted by Crippen LogP contribution is -2.47.